The van der Waals surface area contributed by atoms with Crippen molar-refractivity contribution in [2.24, 2.45) is 5.41 Å². The summed E-state index contributed by atoms with van der Waals surface area (Å²) in [6.07, 6.45) is 5.52. The fourth-order valence-electron chi connectivity index (χ4n) is 1.36. The molecule has 0 nitrogen and oxygen atoms in total. The van der Waals surface area contributed by atoms with Crippen molar-refractivity contribution in [1.29, 1.82) is 0 Å². The number of halogens is 1. The Hall–Kier alpha value is 0.480. The van der Waals surface area contributed by atoms with Crippen molar-refractivity contribution in [3.63, 3.8) is 0 Å². The van der Waals surface area contributed by atoms with Crippen molar-refractivity contribution in [3.8, 4) is 0 Å². The monoisotopic (exact) mass is 190 g/mol. The average Bonchev–Trinajstić information content (AvgIpc) is 1.78. The van der Waals surface area contributed by atoms with Gasteiger partial charge in [0.05, 0.1) is 0 Å². The zero-order chi connectivity index (χ0) is 6.91. The van der Waals surface area contributed by atoms with Crippen molar-refractivity contribution >= 4 is 15.9 Å². The van der Waals surface area contributed by atoms with Crippen molar-refractivity contribution < 1.29 is 0 Å². The lowest BCUT2D eigenvalue weighted by Gasteiger charge is -2.31. The highest BCUT2D eigenvalue weighted by Gasteiger charge is 2.24. The van der Waals surface area contributed by atoms with E-state index in [0.29, 0.717) is 5.41 Å². The zero-order valence-corrected chi connectivity index (χ0v) is 7.87. The second-order valence-electron chi connectivity index (χ2n) is 3.84. The van der Waals surface area contributed by atoms with Gasteiger partial charge < -0.3 is 0 Å². The molecule has 0 radical (unpaired) electrons. The van der Waals surface area contributed by atoms with Crippen LogP contribution in [0.15, 0.2) is 0 Å². The van der Waals surface area contributed by atoms with E-state index in [1.807, 2.05) is 0 Å². The third-order valence-electron chi connectivity index (χ3n) is 2.27. The van der Waals surface area contributed by atoms with E-state index in [1.165, 1.54) is 25.7 Å². The number of rotatable bonds is 0. The third kappa shape index (κ3) is 2.29. The van der Waals surface area contributed by atoms with Gasteiger partial charge in [0.15, 0.2) is 0 Å². The maximum Gasteiger partial charge on any atom is 0.0146 e. The predicted octanol–water partition coefficient (Wildman–Crippen LogP) is 3.35. The standard InChI is InChI=1S/C8H15Br/c1-8(2)5-3-7(9)4-6-8/h7H,3-6H2,1-2H3. The van der Waals surface area contributed by atoms with Gasteiger partial charge in [0.1, 0.15) is 0 Å². The van der Waals surface area contributed by atoms with Crippen LogP contribution in [0, 0.1) is 5.41 Å². The van der Waals surface area contributed by atoms with Gasteiger partial charge in [-0.25, -0.2) is 0 Å². The van der Waals surface area contributed by atoms with Gasteiger partial charge in [-0.2, -0.15) is 0 Å². The molecule has 0 N–H and O–H groups in total. The quantitative estimate of drug-likeness (QED) is 0.515. The number of hydrogen-bond acceptors (Lipinski definition) is 0. The van der Waals surface area contributed by atoms with Crippen LogP contribution in [0.4, 0.5) is 0 Å². The minimum Gasteiger partial charge on any atom is -0.0891 e. The molecule has 0 bridgehead atoms. The maximum atomic E-state index is 3.64. The first-order valence-corrected chi connectivity index (χ1v) is 4.66. The molecule has 0 aromatic heterocycles. The molecule has 0 amide bonds. The summed E-state index contributed by atoms with van der Waals surface area (Å²) in [6, 6.07) is 0. The summed E-state index contributed by atoms with van der Waals surface area (Å²) in [5.74, 6) is 0. The highest BCUT2D eigenvalue weighted by molar-refractivity contribution is 9.09. The smallest absolute Gasteiger partial charge is 0.0146 e. The van der Waals surface area contributed by atoms with Gasteiger partial charge in [0, 0.05) is 4.83 Å². The molecule has 1 saturated carbocycles. The Morgan fingerprint density at radius 2 is 1.67 bits per heavy atom. The largest absolute Gasteiger partial charge is 0.0891 e. The van der Waals surface area contributed by atoms with Crippen LogP contribution < -0.4 is 0 Å². The van der Waals surface area contributed by atoms with Crippen LogP contribution in [-0.2, 0) is 0 Å². The molecular weight excluding hydrogens is 176 g/mol. The molecule has 0 spiro atoms. The second-order valence-corrected chi connectivity index (χ2v) is 5.13. The van der Waals surface area contributed by atoms with Crippen LogP contribution in [-0.4, -0.2) is 4.83 Å². The molecule has 1 aliphatic rings. The lowest BCUT2D eigenvalue weighted by Crippen LogP contribution is -2.20. The minimum absolute atomic E-state index is 0.629. The van der Waals surface area contributed by atoms with Crippen LogP contribution in [0.25, 0.3) is 0 Å². The number of hydrogen-bond donors (Lipinski definition) is 0. The molecule has 9 heavy (non-hydrogen) atoms. The first kappa shape index (κ1) is 7.59. The molecule has 1 fully saturated rings. The van der Waals surface area contributed by atoms with Crippen LogP contribution in [0.3, 0.4) is 0 Å². The summed E-state index contributed by atoms with van der Waals surface area (Å²) in [6.45, 7) is 4.73. The lowest BCUT2D eigenvalue weighted by atomic mass is 9.78. The van der Waals surface area contributed by atoms with Crippen molar-refractivity contribution in [1.82, 2.24) is 0 Å². The molecule has 0 saturated heterocycles. The van der Waals surface area contributed by atoms with Crippen LogP contribution >= 0.6 is 15.9 Å². The minimum atomic E-state index is 0.629. The molecule has 1 heteroatoms. The summed E-state index contributed by atoms with van der Waals surface area (Å²) in [5, 5.41) is 0. The third-order valence-corrected chi connectivity index (χ3v) is 3.18. The Labute approximate surface area is 66.2 Å². The first-order chi connectivity index (χ1) is 4.10. The van der Waals surface area contributed by atoms with Crippen molar-refractivity contribution in [2.75, 3.05) is 0 Å². The van der Waals surface area contributed by atoms with E-state index in [9.17, 15) is 0 Å². The SMILES string of the molecule is CC1(C)CCC(Br)CC1. The Bertz CT molecular complexity index is 86.7. The number of alkyl halides is 1. The summed E-state index contributed by atoms with van der Waals surface area (Å²) < 4.78 is 0. The molecule has 0 aromatic rings. The summed E-state index contributed by atoms with van der Waals surface area (Å²) in [4.78, 5) is 0.811. The molecule has 0 aromatic carbocycles. The molecule has 1 rings (SSSR count). The topological polar surface area (TPSA) is 0 Å². The van der Waals surface area contributed by atoms with E-state index < -0.39 is 0 Å². The van der Waals surface area contributed by atoms with Gasteiger partial charge in [-0.05, 0) is 31.1 Å². The molecule has 0 heterocycles. The molecule has 0 atom stereocenters. The van der Waals surface area contributed by atoms with Gasteiger partial charge >= 0.3 is 0 Å². The highest BCUT2D eigenvalue weighted by atomic mass is 79.9. The van der Waals surface area contributed by atoms with Crippen molar-refractivity contribution in [2.45, 2.75) is 44.4 Å². The van der Waals surface area contributed by atoms with Gasteiger partial charge in [-0.3, -0.25) is 0 Å². The first-order valence-electron chi connectivity index (χ1n) is 3.74. The van der Waals surface area contributed by atoms with E-state index in [0.717, 1.165) is 4.83 Å². The second kappa shape index (κ2) is 2.61. The average molecular weight is 191 g/mol. The molecule has 54 valence electrons. The van der Waals surface area contributed by atoms with Gasteiger partial charge in [-0.1, -0.05) is 29.8 Å². The molecular formula is C8H15Br. The van der Waals surface area contributed by atoms with E-state index >= 15 is 0 Å². The van der Waals surface area contributed by atoms with Crippen molar-refractivity contribution in [3.05, 3.63) is 0 Å². The molecule has 0 unspecified atom stereocenters. The van der Waals surface area contributed by atoms with E-state index in [1.54, 1.807) is 0 Å². The Morgan fingerprint density at radius 3 is 2.00 bits per heavy atom. The maximum absolute atomic E-state index is 3.64. The Morgan fingerprint density at radius 1 is 1.22 bits per heavy atom. The Balaban J connectivity index is 2.35. The van der Waals surface area contributed by atoms with Gasteiger partial charge in [-0.15, -0.1) is 0 Å². The van der Waals surface area contributed by atoms with Crippen LogP contribution in [0.1, 0.15) is 39.5 Å². The normalized spacial score (nSPS) is 28.3. The zero-order valence-electron chi connectivity index (χ0n) is 6.28. The molecule has 1 aliphatic carbocycles. The Kier molecular flexibility index (Phi) is 2.20. The fraction of sp³-hybridized carbons (Fsp3) is 1.00. The van der Waals surface area contributed by atoms with Gasteiger partial charge in [0.2, 0.25) is 0 Å². The lowest BCUT2D eigenvalue weighted by molar-refractivity contribution is 0.251. The summed E-state index contributed by atoms with van der Waals surface area (Å²) in [7, 11) is 0. The van der Waals surface area contributed by atoms with Gasteiger partial charge in [0.25, 0.3) is 0 Å². The highest BCUT2D eigenvalue weighted by Crippen LogP contribution is 2.37. The van der Waals surface area contributed by atoms with E-state index in [-0.39, 0.29) is 0 Å². The van der Waals surface area contributed by atoms with E-state index in [2.05, 4.69) is 29.8 Å². The van der Waals surface area contributed by atoms with E-state index in [4.69, 9.17) is 0 Å². The summed E-state index contributed by atoms with van der Waals surface area (Å²) >= 11 is 3.64. The fourth-order valence-corrected chi connectivity index (χ4v) is 1.82. The predicted molar refractivity (Wildman–Crippen MR) is 45.0 cm³/mol. The van der Waals surface area contributed by atoms with Crippen LogP contribution in [0.2, 0.25) is 0 Å². The molecule has 0 aliphatic heterocycles. The summed E-state index contributed by atoms with van der Waals surface area (Å²) in [5.41, 5.74) is 0.629. The van der Waals surface area contributed by atoms with Crippen LogP contribution in [0.5, 0.6) is 0 Å².